The van der Waals surface area contributed by atoms with Crippen LogP contribution >= 0.6 is 40.1 Å². The van der Waals surface area contributed by atoms with E-state index in [1.807, 2.05) is 45.0 Å². The molecule has 6 heteroatoms. The lowest BCUT2D eigenvalue weighted by molar-refractivity contribution is -0.120. The second-order valence-corrected chi connectivity index (χ2v) is 7.25. The second kappa shape index (κ2) is 8.15. The molecule has 0 saturated carbocycles. The molecular formula is C13H20BrClN2OS. The molecule has 108 valence electrons. The molecule has 0 heterocycles. The maximum atomic E-state index is 11.9. The van der Waals surface area contributed by atoms with Crippen LogP contribution in [0.1, 0.15) is 20.8 Å². The number of benzene rings is 1. The molecule has 1 atom stereocenters. The number of nitrogens with one attached hydrogen (secondary N) is 1. The van der Waals surface area contributed by atoms with Crippen LogP contribution in [0.3, 0.4) is 0 Å². The zero-order valence-electron chi connectivity index (χ0n) is 11.3. The summed E-state index contributed by atoms with van der Waals surface area (Å²) in [5, 5.41) is 2.73. The van der Waals surface area contributed by atoms with Crippen molar-refractivity contribution in [1.82, 2.24) is 5.32 Å². The van der Waals surface area contributed by atoms with Crippen molar-refractivity contribution in [1.29, 1.82) is 0 Å². The lowest BCUT2D eigenvalue weighted by atomic mass is 10.1. The molecule has 1 amide bonds. The summed E-state index contributed by atoms with van der Waals surface area (Å²) >= 11 is 4.92. The van der Waals surface area contributed by atoms with Gasteiger partial charge in [0.15, 0.2) is 0 Å². The summed E-state index contributed by atoms with van der Waals surface area (Å²) in [5.41, 5.74) is 5.45. The fourth-order valence-electron chi connectivity index (χ4n) is 1.23. The van der Waals surface area contributed by atoms with Gasteiger partial charge in [-0.05, 0) is 45.0 Å². The van der Waals surface area contributed by atoms with Gasteiger partial charge in [-0.3, -0.25) is 4.79 Å². The summed E-state index contributed by atoms with van der Waals surface area (Å²) in [4.78, 5) is 12.9. The van der Waals surface area contributed by atoms with Crippen molar-refractivity contribution < 1.29 is 4.79 Å². The number of rotatable bonds is 5. The van der Waals surface area contributed by atoms with Gasteiger partial charge in [0.1, 0.15) is 0 Å². The summed E-state index contributed by atoms with van der Waals surface area (Å²) in [6, 6.07) is 7.92. The molecule has 0 aliphatic rings. The minimum atomic E-state index is -0.377. The highest BCUT2D eigenvalue weighted by atomic mass is 79.9. The van der Waals surface area contributed by atoms with E-state index in [0.717, 1.165) is 9.37 Å². The van der Waals surface area contributed by atoms with E-state index >= 15 is 0 Å². The van der Waals surface area contributed by atoms with Crippen molar-refractivity contribution in [2.45, 2.75) is 36.5 Å². The highest BCUT2D eigenvalue weighted by Gasteiger charge is 2.17. The lowest BCUT2D eigenvalue weighted by Crippen LogP contribution is -2.46. The Morgan fingerprint density at radius 2 is 1.95 bits per heavy atom. The van der Waals surface area contributed by atoms with Crippen LogP contribution < -0.4 is 11.1 Å². The summed E-state index contributed by atoms with van der Waals surface area (Å²) in [5.74, 6) is 0.0152. The highest BCUT2D eigenvalue weighted by Crippen LogP contribution is 2.24. The third-order valence-electron chi connectivity index (χ3n) is 2.21. The Hall–Kier alpha value is -0.230. The zero-order chi connectivity index (χ0) is 13.8. The Bertz CT molecular complexity index is 406. The molecule has 0 bridgehead atoms. The maximum Gasteiger partial charge on any atom is 0.233 e. The Labute approximate surface area is 133 Å². The van der Waals surface area contributed by atoms with Crippen molar-refractivity contribution >= 4 is 46.0 Å². The van der Waals surface area contributed by atoms with Gasteiger partial charge in [0.25, 0.3) is 0 Å². The summed E-state index contributed by atoms with van der Waals surface area (Å²) < 4.78 is 1.04. The van der Waals surface area contributed by atoms with Crippen LogP contribution in [0.5, 0.6) is 0 Å². The van der Waals surface area contributed by atoms with Crippen molar-refractivity contribution in [3.8, 4) is 0 Å². The normalized spacial score (nSPS) is 12.5. The molecule has 0 fully saturated rings. The van der Waals surface area contributed by atoms with Crippen molar-refractivity contribution in [2.24, 2.45) is 5.73 Å². The molecule has 3 nitrogen and oxygen atoms in total. The number of halogens is 2. The van der Waals surface area contributed by atoms with Crippen LogP contribution in [0.25, 0.3) is 0 Å². The van der Waals surface area contributed by atoms with Gasteiger partial charge in [-0.1, -0.05) is 15.9 Å². The van der Waals surface area contributed by atoms with Gasteiger partial charge >= 0.3 is 0 Å². The topological polar surface area (TPSA) is 55.1 Å². The Morgan fingerprint density at radius 1 is 1.42 bits per heavy atom. The van der Waals surface area contributed by atoms with Gasteiger partial charge < -0.3 is 11.1 Å². The number of carbonyl (C=O) groups excluding carboxylic acids is 1. The molecule has 1 rings (SSSR count). The number of thioether (sulfide) groups is 1. The second-order valence-electron chi connectivity index (χ2n) is 4.92. The van der Waals surface area contributed by atoms with Gasteiger partial charge in [0, 0.05) is 21.5 Å². The zero-order valence-corrected chi connectivity index (χ0v) is 14.5. The number of hydrogen-bond acceptors (Lipinski definition) is 3. The monoisotopic (exact) mass is 366 g/mol. The quantitative estimate of drug-likeness (QED) is 0.786. The standard InChI is InChI=1S/C13H19BrN2OS.ClH/c1-9(12(17)16-8-13(2,3)15)18-11-6-4-10(14)5-7-11;/h4-7,9H,8,15H2,1-3H3,(H,16,17);1H. The Morgan fingerprint density at radius 3 is 2.42 bits per heavy atom. The van der Waals surface area contributed by atoms with E-state index in [4.69, 9.17) is 5.73 Å². The first-order valence-corrected chi connectivity index (χ1v) is 7.44. The van der Waals surface area contributed by atoms with Gasteiger partial charge in [-0.25, -0.2) is 0 Å². The largest absolute Gasteiger partial charge is 0.353 e. The van der Waals surface area contributed by atoms with Crippen LogP contribution in [0.2, 0.25) is 0 Å². The summed E-state index contributed by atoms with van der Waals surface area (Å²) in [7, 11) is 0. The average Bonchev–Trinajstić information content (AvgIpc) is 2.28. The van der Waals surface area contributed by atoms with Gasteiger partial charge in [-0.15, -0.1) is 24.2 Å². The molecule has 1 aromatic rings. The molecule has 19 heavy (non-hydrogen) atoms. The van der Waals surface area contributed by atoms with E-state index < -0.39 is 0 Å². The van der Waals surface area contributed by atoms with E-state index in [-0.39, 0.29) is 29.1 Å². The molecule has 1 unspecified atom stereocenters. The predicted molar refractivity (Wildman–Crippen MR) is 88.0 cm³/mol. The van der Waals surface area contributed by atoms with Crippen LogP contribution in [-0.2, 0) is 4.79 Å². The summed E-state index contributed by atoms with van der Waals surface area (Å²) in [6.07, 6.45) is 0. The Kier molecular flexibility index (Phi) is 8.05. The molecule has 0 aromatic heterocycles. The molecule has 0 saturated heterocycles. The molecule has 1 aromatic carbocycles. The van der Waals surface area contributed by atoms with E-state index in [1.54, 1.807) is 0 Å². The first-order valence-electron chi connectivity index (χ1n) is 5.77. The first kappa shape index (κ1) is 18.8. The predicted octanol–water partition coefficient (Wildman–Crippen LogP) is 3.21. The number of hydrogen-bond donors (Lipinski definition) is 2. The van der Waals surface area contributed by atoms with E-state index in [2.05, 4.69) is 21.2 Å². The fraction of sp³-hybridized carbons (Fsp3) is 0.462. The van der Waals surface area contributed by atoms with Gasteiger partial charge in [-0.2, -0.15) is 0 Å². The van der Waals surface area contributed by atoms with Crippen molar-refractivity contribution in [2.75, 3.05) is 6.54 Å². The van der Waals surface area contributed by atoms with E-state index in [0.29, 0.717) is 6.54 Å². The van der Waals surface area contributed by atoms with Crippen LogP contribution in [0, 0.1) is 0 Å². The fourth-order valence-corrected chi connectivity index (χ4v) is 2.39. The smallest absolute Gasteiger partial charge is 0.233 e. The van der Waals surface area contributed by atoms with E-state index in [1.165, 1.54) is 11.8 Å². The molecule has 0 radical (unpaired) electrons. The van der Waals surface area contributed by atoms with Crippen molar-refractivity contribution in [3.63, 3.8) is 0 Å². The summed E-state index contributed by atoms with van der Waals surface area (Å²) in [6.45, 7) is 6.16. The molecule has 0 aliphatic heterocycles. The third-order valence-corrected chi connectivity index (χ3v) is 3.85. The van der Waals surface area contributed by atoms with Gasteiger partial charge in [0.05, 0.1) is 5.25 Å². The van der Waals surface area contributed by atoms with Crippen LogP contribution in [0.15, 0.2) is 33.6 Å². The SMILES string of the molecule is CC(Sc1ccc(Br)cc1)C(=O)NCC(C)(C)N.Cl. The number of nitrogens with two attached hydrogens (primary N) is 1. The lowest BCUT2D eigenvalue weighted by Gasteiger charge is -2.20. The molecular weight excluding hydrogens is 348 g/mol. The van der Waals surface area contributed by atoms with Crippen LogP contribution in [0.4, 0.5) is 0 Å². The maximum absolute atomic E-state index is 11.9. The molecule has 3 N–H and O–H groups in total. The molecule has 0 spiro atoms. The van der Waals surface area contributed by atoms with E-state index in [9.17, 15) is 4.79 Å². The average molecular weight is 368 g/mol. The molecule has 0 aliphatic carbocycles. The van der Waals surface area contributed by atoms with Gasteiger partial charge in [0.2, 0.25) is 5.91 Å². The third kappa shape index (κ3) is 7.82. The number of amides is 1. The minimum absolute atomic E-state index is 0. The number of carbonyl (C=O) groups is 1. The highest BCUT2D eigenvalue weighted by molar-refractivity contribution is 9.10. The Balaban J connectivity index is 0.00000324. The van der Waals surface area contributed by atoms with Crippen LogP contribution in [-0.4, -0.2) is 23.2 Å². The first-order chi connectivity index (χ1) is 8.28. The minimum Gasteiger partial charge on any atom is -0.353 e. The van der Waals surface area contributed by atoms with Crippen molar-refractivity contribution in [3.05, 3.63) is 28.7 Å².